The number of unbranched alkanes of at least 4 members (excludes halogenated alkanes) is 30. The first-order valence-electron chi connectivity index (χ1n) is 24.5. The van der Waals surface area contributed by atoms with Crippen molar-refractivity contribution in [2.45, 2.75) is 284 Å². The van der Waals surface area contributed by atoms with Gasteiger partial charge < -0.3 is 5.11 Å². The van der Waals surface area contributed by atoms with Gasteiger partial charge in [0, 0.05) is 0 Å². The van der Waals surface area contributed by atoms with E-state index >= 15 is 0 Å². The smallest absolute Gasteiger partial charge is 0.267 e. The van der Waals surface area contributed by atoms with Crippen LogP contribution in [0.3, 0.4) is 0 Å². The molecule has 4 nitrogen and oxygen atoms in total. The lowest BCUT2D eigenvalue weighted by molar-refractivity contribution is 0.197. The molecule has 0 bridgehead atoms. The van der Waals surface area contributed by atoms with Crippen LogP contribution in [0.1, 0.15) is 290 Å². The predicted octanol–water partition coefficient (Wildman–Crippen LogP) is 17.3. The summed E-state index contributed by atoms with van der Waals surface area (Å²) >= 11 is 0. The van der Waals surface area contributed by atoms with Crippen LogP contribution in [0.25, 0.3) is 0 Å². The number of aromatic hydroxyl groups is 1. The van der Waals surface area contributed by atoms with Crippen LogP contribution in [0, 0.1) is 0 Å². The number of hydrogen-bond donors (Lipinski definition) is 1. The molecule has 1 aromatic carbocycles. The molecule has 0 radical (unpaired) electrons. The molecule has 0 aliphatic heterocycles. The van der Waals surface area contributed by atoms with Crippen molar-refractivity contribution in [2.24, 2.45) is 0 Å². The minimum atomic E-state index is -3.69. The fraction of sp³-hybridized carbons (Fsp3) is 0.882. The Morgan fingerprint density at radius 2 is 0.732 bits per heavy atom. The lowest BCUT2D eigenvalue weighted by Crippen LogP contribution is -2.20. The second-order valence-corrected chi connectivity index (χ2v) is 21.4. The van der Waals surface area contributed by atoms with Crippen molar-refractivity contribution in [3.63, 3.8) is 0 Å². The Labute approximate surface area is 351 Å². The fourth-order valence-corrected chi connectivity index (χ4v) is 9.40. The van der Waals surface area contributed by atoms with Crippen LogP contribution in [0.2, 0.25) is 0 Å². The standard InChI is InChI=1S/C51H96O4S/c1-9-11-13-15-17-19-21-23-25-27-29-31-33-35-37-39-41-48(45-43-46(50(3,4)5)49(52)47(44-45)51(6,7)8)55-56(53,54)42-40-38-36-34-32-30-28-26-24-22-20-18-16-14-12-10-2/h43-44,48,52H,9-42H2,1-8H3. The Morgan fingerprint density at radius 3 is 1.02 bits per heavy atom. The molecule has 1 unspecified atom stereocenters. The molecule has 1 rings (SSSR count). The van der Waals surface area contributed by atoms with Gasteiger partial charge >= 0.3 is 0 Å². The average Bonchev–Trinajstić information content (AvgIpc) is 3.13. The third kappa shape index (κ3) is 26.8. The molecule has 0 aliphatic rings. The van der Waals surface area contributed by atoms with Crippen molar-refractivity contribution >= 4 is 10.1 Å². The monoisotopic (exact) mass is 805 g/mol. The van der Waals surface area contributed by atoms with Gasteiger partial charge in [0.2, 0.25) is 0 Å². The Balaban J connectivity index is 2.58. The molecule has 0 aliphatic carbocycles. The molecule has 0 saturated heterocycles. The Hall–Kier alpha value is -1.07. The van der Waals surface area contributed by atoms with Crippen molar-refractivity contribution in [1.29, 1.82) is 0 Å². The first kappa shape index (κ1) is 52.9. The maximum Gasteiger partial charge on any atom is 0.267 e. The molecular weight excluding hydrogens is 709 g/mol. The van der Waals surface area contributed by atoms with Gasteiger partial charge in [-0.3, -0.25) is 4.18 Å². The van der Waals surface area contributed by atoms with E-state index in [9.17, 15) is 13.5 Å². The van der Waals surface area contributed by atoms with E-state index in [0.717, 1.165) is 42.4 Å². The second kappa shape index (κ2) is 31.8. The van der Waals surface area contributed by atoms with Crippen LogP contribution in [0.15, 0.2) is 12.1 Å². The van der Waals surface area contributed by atoms with Gasteiger partial charge in [0.1, 0.15) is 11.9 Å². The molecule has 56 heavy (non-hydrogen) atoms. The van der Waals surface area contributed by atoms with Crippen molar-refractivity contribution in [2.75, 3.05) is 5.75 Å². The van der Waals surface area contributed by atoms with E-state index < -0.39 is 16.2 Å². The lowest BCUT2D eigenvalue weighted by Gasteiger charge is -2.30. The van der Waals surface area contributed by atoms with E-state index in [-0.39, 0.29) is 16.6 Å². The van der Waals surface area contributed by atoms with Gasteiger partial charge in [0.25, 0.3) is 10.1 Å². The van der Waals surface area contributed by atoms with Gasteiger partial charge in [0.05, 0.1) is 5.75 Å². The van der Waals surface area contributed by atoms with E-state index in [1.54, 1.807) is 0 Å². The minimum absolute atomic E-state index is 0.0806. The molecule has 1 N–H and O–H groups in total. The summed E-state index contributed by atoms with van der Waals surface area (Å²) in [4.78, 5) is 0. The zero-order valence-corrected chi connectivity index (χ0v) is 39.7. The van der Waals surface area contributed by atoms with Gasteiger partial charge in [-0.05, 0) is 52.5 Å². The van der Waals surface area contributed by atoms with Gasteiger partial charge in [-0.15, -0.1) is 0 Å². The molecule has 1 atom stereocenters. The normalized spacial score (nSPS) is 13.1. The van der Waals surface area contributed by atoms with Crippen molar-refractivity contribution in [1.82, 2.24) is 0 Å². The van der Waals surface area contributed by atoms with Crippen LogP contribution in [-0.2, 0) is 25.1 Å². The van der Waals surface area contributed by atoms with E-state index in [1.807, 2.05) is 12.1 Å². The molecule has 0 fully saturated rings. The zero-order valence-electron chi connectivity index (χ0n) is 38.9. The SMILES string of the molecule is CCCCCCCCCCCCCCCCCCC(OS(=O)(=O)CCCCCCCCCCCCCCCCCC)c1cc(C(C)(C)C)c(O)c(C(C)(C)C)c1. The first-order valence-corrected chi connectivity index (χ1v) is 26.1. The van der Waals surface area contributed by atoms with Gasteiger partial charge in [-0.25, -0.2) is 0 Å². The number of benzene rings is 1. The molecule has 5 heteroatoms. The summed E-state index contributed by atoms with van der Waals surface area (Å²) in [6.07, 6.45) is 41.4. The highest BCUT2D eigenvalue weighted by molar-refractivity contribution is 7.86. The van der Waals surface area contributed by atoms with Gasteiger partial charge in [-0.1, -0.05) is 254 Å². The third-order valence-electron chi connectivity index (χ3n) is 12.0. The summed E-state index contributed by atoms with van der Waals surface area (Å²) in [5.41, 5.74) is 2.02. The van der Waals surface area contributed by atoms with Crippen molar-refractivity contribution in [3.05, 3.63) is 28.8 Å². The van der Waals surface area contributed by atoms with Crippen LogP contribution in [0.4, 0.5) is 0 Å². The third-order valence-corrected chi connectivity index (χ3v) is 13.3. The quantitative estimate of drug-likeness (QED) is 0.0537. The first-order chi connectivity index (χ1) is 26.7. The Kier molecular flexibility index (Phi) is 30.1. The van der Waals surface area contributed by atoms with Crippen molar-refractivity contribution < 1.29 is 17.7 Å². The molecule has 0 amide bonds. The number of phenolic OH excluding ortho intramolecular Hbond substituents is 1. The summed E-state index contributed by atoms with van der Waals surface area (Å²) in [7, 11) is -3.69. The highest BCUT2D eigenvalue weighted by atomic mass is 32.2. The van der Waals surface area contributed by atoms with Crippen LogP contribution >= 0.6 is 0 Å². The molecule has 0 saturated carbocycles. The molecule has 0 spiro atoms. The van der Waals surface area contributed by atoms with Crippen LogP contribution in [0.5, 0.6) is 5.75 Å². The average molecular weight is 805 g/mol. The summed E-state index contributed by atoms with van der Waals surface area (Å²) in [5.74, 6) is 0.406. The van der Waals surface area contributed by atoms with E-state index in [2.05, 4.69) is 55.4 Å². The summed E-state index contributed by atoms with van der Waals surface area (Å²) in [6.45, 7) is 17.2. The predicted molar refractivity (Wildman–Crippen MR) is 247 cm³/mol. The van der Waals surface area contributed by atoms with Crippen LogP contribution < -0.4 is 0 Å². The fourth-order valence-electron chi connectivity index (χ4n) is 8.19. The lowest BCUT2D eigenvalue weighted by atomic mass is 9.77. The summed E-state index contributed by atoms with van der Waals surface area (Å²) in [6, 6.07) is 4.04. The maximum absolute atomic E-state index is 13.5. The molecular formula is C51H96O4S. The highest BCUT2D eigenvalue weighted by Gasteiger charge is 2.30. The van der Waals surface area contributed by atoms with E-state index in [0.29, 0.717) is 18.6 Å². The number of hydrogen-bond acceptors (Lipinski definition) is 4. The molecule has 330 valence electrons. The molecule has 0 heterocycles. The largest absolute Gasteiger partial charge is 0.507 e. The summed E-state index contributed by atoms with van der Waals surface area (Å²) in [5, 5.41) is 11.4. The Bertz CT molecular complexity index is 1140. The van der Waals surface area contributed by atoms with Gasteiger partial charge in [0.15, 0.2) is 0 Å². The topological polar surface area (TPSA) is 63.6 Å². The van der Waals surface area contributed by atoms with Gasteiger partial charge in [-0.2, -0.15) is 8.42 Å². The zero-order chi connectivity index (χ0) is 41.5. The summed E-state index contributed by atoms with van der Waals surface area (Å²) < 4.78 is 33.1. The minimum Gasteiger partial charge on any atom is -0.507 e. The van der Waals surface area contributed by atoms with Crippen LogP contribution in [-0.4, -0.2) is 19.3 Å². The number of phenols is 1. The molecule has 0 aromatic heterocycles. The van der Waals surface area contributed by atoms with E-state index in [4.69, 9.17) is 4.18 Å². The molecule has 1 aromatic rings. The highest BCUT2D eigenvalue weighted by Crippen LogP contribution is 2.42. The second-order valence-electron chi connectivity index (χ2n) is 19.7. The number of rotatable bonds is 37. The van der Waals surface area contributed by atoms with E-state index in [1.165, 1.54) is 173 Å². The Morgan fingerprint density at radius 1 is 0.464 bits per heavy atom. The van der Waals surface area contributed by atoms with Crippen molar-refractivity contribution in [3.8, 4) is 5.75 Å². The maximum atomic E-state index is 13.5.